The van der Waals surface area contributed by atoms with E-state index in [0.717, 1.165) is 5.56 Å². The summed E-state index contributed by atoms with van der Waals surface area (Å²) in [6.07, 6.45) is -0.760. The number of benzene rings is 2. The zero-order valence-electron chi connectivity index (χ0n) is 16.2. The van der Waals surface area contributed by atoms with E-state index < -0.39 is 24.0 Å². The van der Waals surface area contributed by atoms with Crippen LogP contribution in [0.15, 0.2) is 54.6 Å². The first-order chi connectivity index (χ1) is 15.1. The monoisotopic (exact) mass is 420 g/mol. The molecule has 5 rings (SSSR count). The molecule has 2 aromatic carbocycles. The first kappa shape index (κ1) is 19.3. The highest BCUT2D eigenvalue weighted by atomic mass is 16.6. The van der Waals surface area contributed by atoms with Gasteiger partial charge in [-0.1, -0.05) is 48.5 Å². The maximum absolute atomic E-state index is 12.7. The van der Waals surface area contributed by atoms with Crippen LogP contribution in [0.2, 0.25) is 0 Å². The minimum atomic E-state index is -1.41. The number of tetrazole rings is 1. The standard InChI is InChI=1S/C21H19N5O5/c27-20(13-8-4-5-9-14(13)21(28)29)22-15-10-30-18-16(11-31-17(15)18)26-19(23-24-25-26)12-6-2-1-3-7-12/h1-9,15-18H,10-11H2,(H,22,27)(H,28,29)/p-1/t15-,16-,17+,18+/m0/s1. The van der Waals surface area contributed by atoms with Gasteiger partial charge in [0.1, 0.15) is 18.2 Å². The third-order valence-electron chi connectivity index (χ3n) is 5.57. The number of carbonyl (C=O) groups is 2. The average Bonchev–Trinajstić information content (AvgIpc) is 3.51. The lowest BCUT2D eigenvalue weighted by molar-refractivity contribution is -0.255. The van der Waals surface area contributed by atoms with E-state index in [1.54, 1.807) is 10.7 Å². The Bertz CT molecular complexity index is 1120. The summed E-state index contributed by atoms with van der Waals surface area (Å²) in [7, 11) is 0. The van der Waals surface area contributed by atoms with E-state index in [1.807, 2.05) is 30.3 Å². The SMILES string of the molecule is O=C([O-])c1ccccc1C(=O)N[C@H]1CO[C@H]2[C@@H]1OC[C@@H]2n1nnnc1-c1ccccc1. The molecular weight excluding hydrogens is 402 g/mol. The number of carboxylic acid groups (broad SMARTS) is 1. The van der Waals surface area contributed by atoms with Crippen molar-refractivity contribution in [1.29, 1.82) is 0 Å². The fraction of sp³-hybridized carbons (Fsp3) is 0.286. The molecule has 0 unspecified atom stereocenters. The molecule has 0 radical (unpaired) electrons. The van der Waals surface area contributed by atoms with Gasteiger partial charge in [-0.05, 0) is 16.5 Å². The normalized spacial score (nSPS) is 24.6. The predicted octanol–water partition coefficient (Wildman–Crippen LogP) is -0.159. The number of aromatic carboxylic acids is 1. The van der Waals surface area contributed by atoms with Gasteiger partial charge in [-0.3, -0.25) is 4.79 Å². The Morgan fingerprint density at radius 2 is 1.68 bits per heavy atom. The number of fused-ring (bicyclic) bond motifs is 1. The molecule has 3 heterocycles. The number of aromatic nitrogens is 4. The molecule has 10 heteroatoms. The van der Waals surface area contributed by atoms with Crippen molar-refractivity contribution in [3.8, 4) is 11.4 Å². The molecule has 158 valence electrons. The van der Waals surface area contributed by atoms with Crippen LogP contribution in [0.5, 0.6) is 0 Å². The van der Waals surface area contributed by atoms with Crippen molar-refractivity contribution >= 4 is 11.9 Å². The van der Waals surface area contributed by atoms with Crippen molar-refractivity contribution in [2.45, 2.75) is 24.3 Å². The number of ether oxygens (including phenoxy) is 2. The minimum absolute atomic E-state index is 0.0346. The molecule has 2 saturated heterocycles. The van der Waals surface area contributed by atoms with Crippen LogP contribution in [-0.4, -0.2) is 63.5 Å². The Kier molecular flexibility index (Phi) is 4.92. The van der Waals surface area contributed by atoms with E-state index in [2.05, 4.69) is 20.8 Å². The topological polar surface area (TPSA) is 131 Å². The lowest BCUT2D eigenvalue weighted by Gasteiger charge is -2.19. The second-order valence-corrected chi connectivity index (χ2v) is 7.39. The summed E-state index contributed by atoms with van der Waals surface area (Å²) in [4.78, 5) is 24.0. The predicted molar refractivity (Wildman–Crippen MR) is 104 cm³/mol. The molecule has 0 saturated carbocycles. The molecule has 2 aliphatic heterocycles. The van der Waals surface area contributed by atoms with E-state index in [0.29, 0.717) is 12.4 Å². The lowest BCUT2D eigenvalue weighted by atomic mass is 10.0. The highest BCUT2D eigenvalue weighted by Gasteiger charge is 2.50. The Hall–Kier alpha value is -3.63. The van der Waals surface area contributed by atoms with Crippen LogP contribution in [0.4, 0.5) is 0 Å². The number of hydrogen-bond acceptors (Lipinski definition) is 8. The molecule has 10 nitrogen and oxygen atoms in total. The maximum Gasteiger partial charge on any atom is 0.252 e. The second kappa shape index (κ2) is 7.89. The van der Waals surface area contributed by atoms with Gasteiger partial charge < -0.3 is 24.7 Å². The van der Waals surface area contributed by atoms with E-state index in [-0.39, 0.29) is 29.9 Å². The molecule has 1 aromatic heterocycles. The first-order valence-corrected chi connectivity index (χ1v) is 9.81. The number of nitrogens with one attached hydrogen (secondary N) is 1. The van der Waals surface area contributed by atoms with Gasteiger partial charge in [0.25, 0.3) is 5.91 Å². The van der Waals surface area contributed by atoms with Crippen LogP contribution in [0.1, 0.15) is 26.8 Å². The van der Waals surface area contributed by atoms with Gasteiger partial charge in [0, 0.05) is 16.7 Å². The van der Waals surface area contributed by atoms with Gasteiger partial charge in [0.05, 0.1) is 25.2 Å². The average molecular weight is 420 g/mol. The number of carbonyl (C=O) groups excluding carboxylic acids is 2. The second-order valence-electron chi connectivity index (χ2n) is 7.39. The van der Waals surface area contributed by atoms with E-state index >= 15 is 0 Å². The first-order valence-electron chi connectivity index (χ1n) is 9.81. The van der Waals surface area contributed by atoms with Crippen molar-refractivity contribution in [2.24, 2.45) is 0 Å². The molecule has 0 bridgehead atoms. The minimum Gasteiger partial charge on any atom is -0.545 e. The van der Waals surface area contributed by atoms with Crippen molar-refractivity contribution in [2.75, 3.05) is 13.2 Å². The van der Waals surface area contributed by atoms with Gasteiger partial charge in [0.2, 0.25) is 0 Å². The Balaban J connectivity index is 1.33. The zero-order chi connectivity index (χ0) is 21.4. The summed E-state index contributed by atoms with van der Waals surface area (Å²) in [5, 5.41) is 26.2. The van der Waals surface area contributed by atoms with E-state index in [9.17, 15) is 14.7 Å². The van der Waals surface area contributed by atoms with Crippen LogP contribution in [0.3, 0.4) is 0 Å². The third kappa shape index (κ3) is 3.45. The van der Waals surface area contributed by atoms with Gasteiger partial charge in [-0.15, -0.1) is 5.10 Å². The Morgan fingerprint density at radius 3 is 2.45 bits per heavy atom. The fourth-order valence-electron chi connectivity index (χ4n) is 4.11. The van der Waals surface area contributed by atoms with Crippen LogP contribution >= 0.6 is 0 Å². The summed E-state index contributed by atoms with van der Waals surface area (Å²) in [6, 6.07) is 14.8. The summed E-state index contributed by atoms with van der Waals surface area (Å²) < 4.78 is 13.6. The Morgan fingerprint density at radius 1 is 0.968 bits per heavy atom. The Labute approximate surface area is 176 Å². The fourth-order valence-corrected chi connectivity index (χ4v) is 4.11. The highest BCUT2D eigenvalue weighted by Crippen LogP contribution is 2.35. The smallest absolute Gasteiger partial charge is 0.252 e. The van der Waals surface area contributed by atoms with Gasteiger partial charge in [-0.25, -0.2) is 4.68 Å². The third-order valence-corrected chi connectivity index (χ3v) is 5.57. The molecule has 3 aromatic rings. The van der Waals surface area contributed by atoms with Gasteiger partial charge in [-0.2, -0.15) is 0 Å². The van der Waals surface area contributed by atoms with Crippen LogP contribution in [-0.2, 0) is 9.47 Å². The number of amides is 1. The van der Waals surface area contributed by atoms with Crippen molar-refractivity contribution < 1.29 is 24.2 Å². The maximum atomic E-state index is 12.7. The van der Waals surface area contributed by atoms with Crippen molar-refractivity contribution in [1.82, 2.24) is 25.5 Å². The highest BCUT2D eigenvalue weighted by molar-refractivity contribution is 6.04. The number of hydrogen-bond donors (Lipinski definition) is 1. The molecule has 4 atom stereocenters. The van der Waals surface area contributed by atoms with Crippen molar-refractivity contribution in [3.05, 3.63) is 65.7 Å². The molecule has 1 amide bonds. The van der Waals surface area contributed by atoms with Gasteiger partial charge >= 0.3 is 0 Å². The molecule has 2 aliphatic rings. The van der Waals surface area contributed by atoms with E-state index in [1.165, 1.54) is 18.2 Å². The summed E-state index contributed by atoms with van der Waals surface area (Å²) in [6.45, 7) is 0.552. The zero-order valence-corrected chi connectivity index (χ0v) is 16.2. The van der Waals surface area contributed by atoms with E-state index in [4.69, 9.17) is 9.47 Å². The van der Waals surface area contributed by atoms with Gasteiger partial charge in [0.15, 0.2) is 5.82 Å². The van der Waals surface area contributed by atoms with Crippen molar-refractivity contribution in [3.63, 3.8) is 0 Å². The number of rotatable bonds is 5. The molecule has 2 fully saturated rings. The van der Waals surface area contributed by atoms with Crippen LogP contribution in [0.25, 0.3) is 11.4 Å². The number of carboxylic acids is 1. The molecule has 0 aliphatic carbocycles. The summed E-state index contributed by atoms with van der Waals surface area (Å²) >= 11 is 0. The molecule has 0 spiro atoms. The lowest BCUT2D eigenvalue weighted by Crippen LogP contribution is -2.44. The number of nitrogens with zero attached hydrogens (tertiary/aromatic N) is 4. The molecule has 1 N–H and O–H groups in total. The van der Waals surface area contributed by atoms with Crippen LogP contribution < -0.4 is 10.4 Å². The quantitative estimate of drug-likeness (QED) is 0.602. The summed E-state index contributed by atoms with van der Waals surface area (Å²) in [5.74, 6) is -1.32. The summed E-state index contributed by atoms with van der Waals surface area (Å²) in [5.41, 5.74) is 0.742. The largest absolute Gasteiger partial charge is 0.545 e. The van der Waals surface area contributed by atoms with Crippen LogP contribution in [0, 0.1) is 0 Å². The molecule has 31 heavy (non-hydrogen) atoms. The molecular formula is C21H18N5O5-.